The summed E-state index contributed by atoms with van der Waals surface area (Å²) in [5.41, 5.74) is 2.44. The first-order valence-electron chi connectivity index (χ1n) is 12.0. The van der Waals surface area contributed by atoms with Crippen LogP contribution in [0.5, 0.6) is 0 Å². The van der Waals surface area contributed by atoms with Crippen LogP contribution in [-0.4, -0.2) is 36.2 Å². The number of carbonyl (C=O) groups is 2. The Kier molecular flexibility index (Phi) is 9.59. The van der Waals surface area contributed by atoms with Gasteiger partial charge in [0.1, 0.15) is 21.5 Å². The van der Waals surface area contributed by atoms with Crippen LogP contribution in [0.2, 0.25) is 0 Å². The minimum atomic E-state index is -0.650. The number of unbranched alkanes of at least 4 members (excludes halogenated alkanes) is 1. The molecule has 1 amide bonds. The van der Waals surface area contributed by atoms with E-state index in [1.807, 2.05) is 69.3 Å². The van der Waals surface area contributed by atoms with E-state index >= 15 is 0 Å². The van der Waals surface area contributed by atoms with Gasteiger partial charge >= 0.3 is 12.1 Å². The fourth-order valence-corrected chi connectivity index (χ4v) is 5.08. The number of benzene rings is 2. The van der Waals surface area contributed by atoms with E-state index in [1.54, 1.807) is 11.0 Å². The molecule has 2 aromatic rings. The van der Waals surface area contributed by atoms with Crippen LogP contribution in [0.3, 0.4) is 0 Å². The summed E-state index contributed by atoms with van der Waals surface area (Å²) in [6.07, 6.45) is 6.74. The van der Waals surface area contributed by atoms with Crippen LogP contribution in [0.15, 0.2) is 72.8 Å². The van der Waals surface area contributed by atoms with Crippen molar-refractivity contribution in [2.24, 2.45) is 0 Å². The average Bonchev–Trinajstić information content (AvgIpc) is 2.85. The fourth-order valence-electron chi connectivity index (χ4n) is 3.95. The molecular weight excluding hydrogens is 569 g/mol. The van der Waals surface area contributed by atoms with Crippen molar-refractivity contribution in [2.75, 3.05) is 13.7 Å². The van der Waals surface area contributed by atoms with Gasteiger partial charge in [0.25, 0.3) is 0 Å². The number of alkyl halides is 1. The lowest BCUT2D eigenvalue weighted by atomic mass is 9.90. The number of allylic oxidation sites excluding steroid dienone is 1. The molecule has 1 unspecified atom stereocenters. The van der Waals surface area contributed by atoms with Crippen LogP contribution in [0.4, 0.5) is 4.79 Å². The van der Waals surface area contributed by atoms with Gasteiger partial charge in [-0.25, -0.2) is 9.59 Å². The van der Waals surface area contributed by atoms with Crippen LogP contribution in [0.25, 0.3) is 5.76 Å². The third kappa shape index (κ3) is 7.35. The summed E-state index contributed by atoms with van der Waals surface area (Å²) in [5.74, 6) is 0.422. The van der Waals surface area contributed by atoms with Crippen LogP contribution < -0.4 is 0 Å². The molecule has 0 radical (unpaired) electrons. The zero-order chi connectivity index (χ0) is 26.2. The second-order valence-electron chi connectivity index (χ2n) is 9.55. The summed E-state index contributed by atoms with van der Waals surface area (Å²) in [6, 6.07) is 18.1. The van der Waals surface area contributed by atoms with Crippen molar-refractivity contribution in [3.63, 3.8) is 0 Å². The Labute approximate surface area is 227 Å². The van der Waals surface area contributed by atoms with Crippen LogP contribution in [0.1, 0.15) is 56.7 Å². The number of fused-ring (bicyclic) bond motifs is 1. The highest BCUT2D eigenvalue weighted by molar-refractivity contribution is 14.1. The van der Waals surface area contributed by atoms with Crippen molar-refractivity contribution >= 4 is 40.4 Å². The number of nitrogens with zero attached hydrogens (tertiary/aromatic N) is 1. The summed E-state index contributed by atoms with van der Waals surface area (Å²) in [6.45, 7) is 6.54. The lowest BCUT2D eigenvalue weighted by molar-refractivity contribution is -0.134. The van der Waals surface area contributed by atoms with E-state index in [2.05, 4.69) is 39.5 Å². The number of hydrogen-bond acceptors (Lipinski definition) is 5. The summed E-state index contributed by atoms with van der Waals surface area (Å²) >= 11 is 2.37. The van der Waals surface area contributed by atoms with Gasteiger partial charge in [-0.3, -0.25) is 4.90 Å². The molecule has 0 fully saturated rings. The Morgan fingerprint density at radius 2 is 1.78 bits per heavy atom. The van der Waals surface area contributed by atoms with Gasteiger partial charge in [0.15, 0.2) is 0 Å². The largest absolute Gasteiger partial charge is 0.489 e. The van der Waals surface area contributed by atoms with Gasteiger partial charge in [-0.1, -0.05) is 60.7 Å². The van der Waals surface area contributed by atoms with Crippen LogP contribution in [-0.2, 0) is 29.2 Å². The number of carbonyl (C=O) groups excluding carboxylic acids is 2. The highest BCUT2D eigenvalue weighted by atomic mass is 127. The highest BCUT2D eigenvalue weighted by Gasteiger charge is 2.43. The second-order valence-corrected chi connectivity index (χ2v) is 11.3. The molecule has 36 heavy (non-hydrogen) atoms. The molecule has 0 saturated carbocycles. The molecule has 0 heterocycles. The minimum absolute atomic E-state index is 0.370. The molecule has 3 rings (SSSR count). The van der Waals surface area contributed by atoms with Gasteiger partial charge in [0.2, 0.25) is 0 Å². The zero-order valence-corrected chi connectivity index (χ0v) is 23.5. The molecule has 0 aliphatic heterocycles. The van der Waals surface area contributed by atoms with Crippen LogP contribution in [0, 0.1) is 0 Å². The summed E-state index contributed by atoms with van der Waals surface area (Å²) in [7, 11) is 1.35. The van der Waals surface area contributed by atoms with E-state index in [9.17, 15) is 9.59 Å². The molecule has 192 valence electrons. The third-order valence-electron chi connectivity index (χ3n) is 5.65. The predicted molar refractivity (Wildman–Crippen MR) is 149 cm³/mol. The van der Waals surface area contributed by atoms with Crippen molar-refractivity contribution in [3.05, 3.63) is 89.5 Å². The van der Waals surface area contributed by atoms with Crippen LogP contribution >= 0.6 is 22.6 Å². The molecule has 1 aliphatic rings. The van der Waals surface area contributed by atoms with Crippen molar-refractivity contribution in [2.45, 2.75) is 55.8 Å². The number of hydrogen-bond donors (Lipinski definition) is 0. The zero-order valence-electron chi connectivity index (χ0n) is 21.3. The molecule has 0 saturated heterocycles. The Bertz CT molecular complexity index is 1110. The number of halogens is 1. The van der Waals surface area contributed by atoms with Crippen molar-refractivity contribution in [3.8, 4) is 0 Å². The smallest absolute Gasteiger partial charge is 0.411 e. The first-order chi connectivity index (χ1) is 17.1. The quantitative estimate of drug-likeness (QED) is 0.0773. The molecule has 6 nitrogen and oxygen atoms in total. The van der Waals surface area contributed by atoms with Gasteiger partial charge in [-0.15, -0.1) is 0 Å². The average molecular weight is 603 g/mol. The predicted octanol–water partition coefficient (Wildman–Crippen LogP) is 6.98. The van der Waals surface area contributed by atoms with E-state index in [0.29, 0.717) is 32.4 Å². The van der Waals surface area contributed by atoms with E-state index in [0.717, 1.165) is 22.4 Å². The molecule has 7 heteroatoms. The highest BCUT2D eigenvalue weighted by Crippen LogP contribution is 2.47. The maximum Gasteiger partial charge on any atom is 0.411 e. The molecule has 0 bridgehead atoms. The summed E-state index contributed by atoms with van der Waals surface area (Å²) in [4.78, 5) is 26.6. The number of esters is 1. The van der Waals surface area contributed by atoms with E-state index < -0.39 is 15.1 Å². The molecule has 0 aromatic heterocycles. The fraction of sp³-hybridized carbons (Fsp3) is 0.379. The van der Waals surface area contributed by atoms with Gasteiger partial charge < -0.3 is 14.2 Å². The number of rotatable bonds is 9. The maximum atomic E-state index is 13.4. The SMILES string of the molecule is COC(=O)/C=C/CCCN(C(=O)OC(C)(C)C)C1(I)CC=C(OCc2ccccc2)c2ccccc21. The molecule has 1 aliphatic carbocycles. The summed E-state index contributed by atoms with van der Waals surface area (Å²) < 4.78 is 16.0. The van der Waals surface area contributed by atoms with E-state index in [1.165, 1.54) is 13.2 Å². The second kappa shape index (κ2) is 12.4. The molecule has 1 atom stereocenters. The number of methoxy groups -OCH3 is 1. The summed E-state index contributed by atoms with van der Waals surface area (Å²) in [5, 5.41) is 0. The van der Waals surface area contributed by atoms with Crippen molar-refractivity contribution in [1.82, 2.24) is 4.90 Å². The van der Waals surface area contributed by atoms with Gasteiger partial charge in [0, 0.05) is 24.6 Å². The first-order valence-corrected chi connectivity index (χ1v) is 13.1. The lowest BCUT2D eigenvalue weighted by Gasteiger charge is -2.43. The van der Waals surface area contributed by atoms with Crippen molar-refractivity contribution < 1.29 is 23.8 Å². The third-order valence-corrected chi connectivity index (χ3v) is 7.25. The van der Waals surface area contributed by atoms with Gasteiger partial charge in [0.05, 0.1) is 7.11 Å². The Morgan fingerprint density at radius 1 is 1.08 bits per heavy atom. The maximum absolute atomic E-state index is 13.4. The molecule has 2 aromatic carbocycles. The first kappa shape index (κ1) is 27.8. The Balaban J connectivity index is 1.85. The number of amides is 1. The normalized spacial score (nSPS) is 17.2. The molecule has 0 N–H and O–H groups in total. The Hall–Kier alpha value is -2.81. The monoisotopic (exact) mass is 603 g/mol. The molecule has 0 spiro atoms. The number of ether oxygens (including phenoxy) is 3. The molecular formula is C29H34INO5. The van der Waals surface area contributed by atoms with Gasteiger partial charge in [-0.2, -0.15) is 0 Å². The standard InChI is InChI=1S/C29H34INO5/c1-28(2,3)36-27(33)31(20-12-6-9-17-26(32)34-4)29(30)19-18-25(23-15-10-11-16-24(23)29)35-21-22-13-7-5-8-14-22/h5,7-11,13-18H,6,12,19-21H2,1-4H3/b17-9+. The van der Waals surface area contributed by atoms with E-state index in [-0.39, 0.29) is 6.09 Å². The minimum Gasteiger partial charge on any atom is -0.489 e. The van der Waals surface area contributed by atoms with Crippen molar-refractivity contribution in [1.29, 1.82) is 0 Å². The lowest BCUT2D eigenvalue weighted by Crippen LogP contribution is -2.49. The van der Waals surface area contributed by atoms with E-state index in [4.69, 9.17) is 9.47 Å². The van der Waals surface area contributed by atoms with Gasteiger partial charge in [-0.05, 0) is 73.4 Å². The Morgan fingerprint density at radius 3 is 2.47 bits per heavy atom. The topological polar surface area (TPSA) is 65.1 Å².